The van der Waals surface area contributed by atoms with E-state index < -0.39 is 36.1 Å². The number of hydrogen-bond acceptors (Lipinski definition) is 6. The lowest BCUT2D eigenvalue weighted by Crippen LogP contribution is -2.56. The third kappa shape index (κ3) is 5.93. The SMILES string of the molecule is CN(C)S(=O)(=O)n1c(C2=C[C@H](O)[C@@H](COC(c3ccccc3)(c3ccccc3)c3ccccc3)O2)cnc1[Si](C)(C)C(C)(C)C. The second-order valence-corrected chi connectivity index (χ2v) is 20.4. The fourth-order valence-electron chi connectivity index (χ4n) is 5.44. The van der Waals surface area contributed by atoms with Gasteiger partial charge in [0.25, 0.3) is 0 Å². The average molecular weight is 646 g/mol. The summed E-state index contributed by atoms with van der Waals surface area (Å²) in [4.78, 5) is 4.69. The summed E-state index contributed by atoms with van der Waals surface area (Å²) in [5.74, 6) is 0.253. The second kappa shape index (κ2) is 12.3. The first kappa shape index (κ1) is 32.8. The normalized spacial score (nSPS) is 17.8. The molecule has 0 unspecified atom stereocenters. The Morgan fingerprint density at radius 2 is 1.36 bits per heavy atom. The molecule has 1 aliphatic heterocycles. The van der Waals surface area contributed by atoms with Crippen molar-refractivity contribution in [3.63, 3.8) is 0 Å². The molecule has 45 heavy (non-hydrogen) atoms. The van der Waals surface area contributed by atoms with Gasteiger partial charge in [-0.25, -0.2) is 8.96 Å². The maximum absolute atomic E-state index is 13.8. The van der Waals surface area contributed by atoms with Gasteiger partial charge in [0.05, 0.1) is 12.8 Å². The Bertz CT molecular complexity index is 1650. The van der Waals surface area contributed by atoms with Gasteiger partial charge in [0.1, 0.15) is 36.7 Å². The van der Waals surface area contributed by atoms with Gasteiger partial charge in [-0.1, -0.05) is 125 Å². The molecule has 0 saturated carbocycles. The molecule has 1 aliphatic rings. The number of aliphatic hydroxyl groups is 1. The summed E-state index contributed by atoms with van der Waals surface area (Å²) in [7, 11) is -3.39. The van der Waals surface area contributed by atoms with Crippen molar-refractivity contribution in [1.29, 1.82) is 0 Å². The highest BCUT2D eigenvalue weighted by atomic mass is 32.2. The van der Waals surface area contributed by atoms with E-state index in [1.807, 2.05) is 91.0 Å². The van der Waals surface area contributed by atoms with E-state index in [9.17, 15) is 13.5 Å². The van der Waals surface area contributed by atoms with E-state index in [1.165, 1.54) is 22.4 Å². The lowest BCUT2D eigenvalue weighted by atomic mass is 9.80. The van der Waals surface area contributed by atoms with Gasteiger partial charge in [0.15, 0.2) is 6.10 Å². The minimum Gasteiger partial charge on any atom is -0.483 e. The van der Waals surface area contributed by atoms with Crippen LogP contribution in [0.1, 0.15) is 43.2 Å². The lowest BCUT2D eigenvalue weighted by molar-refractivity contribution is -0.0576. The Balaban J connectivity index is 1.53. The van der Waals surface area contributed by atoms with E-state index in [0.29, 0.717) is 5.45 Å². The minimum absolute atomic E-state index is 0.0174. The van der Waals surface area contributed by atoms with E-state index in [4.69, 9.17) is 9.47 Å². The van der Waals surface area contributed by atoms with Crippen molar-refractivity contribution in [2.45, 2.75) is 56.7 Å². The van der Waals surface area contributed by atoms with Gasteiger partial charge in [-0.3, -0.25) is 0 Å². The summed E-state index contributed by atoms with van der Waals surface area (Å²) in [6, 6.07) is 29.9. The van der Waals surface area contributed by atoms with Crippen molar-refractivity contribution in [3.05, 3.63) is 126 Å². The molecule has 2 atom stereocenters. The summed E-state index contributed by atoms with van der Waals surface area (Å²) in [5, 5.41) is 11.1. The molecule has 5 rings (SSSR count). The quantitative estimate of drug-likeness (QED) is 0.184. The number of benzene rings is 3. The molecule has 0 saturated heterocycles. The fourth-order valence-corrected chi connectivity index (χ4v) is 9.14. The number of ether oxygens (including phenoxy) is 2. The van der Waals surface area contributed by atoms with Crippen LogP contribution in [-0.2, 0) is 25.3 Å². The summed E-state index contributed by atoms with van der Waals surface area (Å²) in [5.41, 5.74) is 2.59. The number of aliphatic hydroxyl groups excluding tert-OH is 1. The highest BCUT2D eigenvalue weighted by Crippen LogP contribution is 2.42. The zero-order chi connectivity index (χ0) is 32.6. The van der Waals surface area contributed by atoms with Crippen LogP contribution in [0.2, 0.25) is 18.1 Å². The van der Waals surface area contributed by atoms with Crippen LogP contribution in [0.25, 0.3) is 5.76 Å². The Kier molecular flexibility index (Phi) is 9.00. The standard InChI is InChI=1S/C35H43N3O5SSi/c1-34(2,3)45(6,7)33-36-24-29(38(33)44(40,41)37(4)5)31-23-30(39)32(43-31)25-42-35(26-17-11-8-12-18-26,27-19-13-9-14-20-27)28-21-15-10-16-22-28/h8-24,30,32,39H,25H2,1-7H3/t30-,32+/m0/s1. The number of hydrogen-bond donors (Lipinski definition) is 1. The maximum atomic E-state index is 13.8. The summed E-state index contributed by atoms with van der Waals surface area (Å²) in [6.45, 7) is 10.6. The fraction of sp³-hybridized carbons (Fsp3) is 0.343. The lowest BCUT2D eigenvalue weighted by Gasteiger charge is -2.37. The largest absolute Gasteiger partial charge is 0.483 e. The molecule has 0 spiro atoms. The zero-order valence-corrected chi connectivity index (χ0v) is 28.8. The summed E-state index contributed by atoms with van der Waals surface area (Å²) < 4.78 is 43.2. The van der Waals surface area contributed by atoms with E-state index >= 15 is 0 Å². The first-order valence-electron chi connectivity index (χ1n) is 15.1. The molecule has 3 aromatic carbocycles. The third-order valence-electron chi connectivity index (χ3n) is 9.09. The molecule has 238 valence electrons. The molecule has 0 amide bonds. The predicted octanol–water partition coefficient (Wildman–Crippen LogP) is 5.36. The molecular weight excluding hydrogens is 603 g/mol. The van der Waals surface area contributed by atoms with Crippen LogP contribution in [0.4, 0.5) is 0 Å². The van der Waals surface area contributed by atoms with Gasteiger partial charge < -0.3 is 14.6 Å². The Labute approximate surface area is 268 Å². The van der Waals surface area contributed by atoms with Crippen LogP contribution in [0, 0.1) is 0 Å². The van der Waals surface area contributed by atoms with Crippen molar-refractivity contribution in [1.82, 2.24) is 13.3 Å². The highest BCUT2D eigenvalue weighted by molar-refractivity contribution is 7.87. The van der Waals surface area contributed by atoms with Crippen molar-refractivity contribution >= 4 is 29.5 Å². The van der Waals surface area contributed by atoms with Gasteiger partial charge in [0, 0.05) is 14.1 Å². The zero-order valence-electron chi connectivity index (χ0n) is 27.0. The predicted molar refractivity (Wildman–Crippen MR) is 181 cm³/mol. The Hall–Kier alpha value is -3.54. The van der Waals surface area contributed by atoms with Gasteiger partial charge in [-0.05, 0) is 27.8 Å². The van der Waals surface area contributed by atoms with Gasteiger partial charge in [-0.15, -0.1) is 0 Å². The maximum Gasteiger partial charge on any atom is 0.308 e. The van der Waals surface area contributed by atoms with Crippen molar-refractivity contribution in [2.24, 2.45) is 0 Å². The molecule has 0 aliphatic carbocycles. The van der Waals surface area contributed by atoms with Crippen molar-refractivity contribution in [2.75, 3.05) is 20.7 Å². The van der Waals surface area contributed by atoms with Crippen LogP contribution in [0.3, 0.4) is 0 Å². The molecule has 0 radical (unpaired) electrons. The average Bonchev–Trinajstić information content (AvgIpc) is 3.63. The molecule has 0 fully saturated rings. The molecular formula is C35H43N3O5SSi. The van der Waals surface area contributed by atoms with Crippen LogP contribution in [0.5, 0.6) is 0 Å². The molecule has 8 nitrogen and oxygen atoms in total. The third-order valence-corrected chi connectivity index (χ3v) is 16.2. The number of rotatable bonds is 10. The number of imidazole rings is 1. The van der Waals surface area contributed by atoms with Gasteiger partial charge in [-0.2, -0.15) is 12.7 Å². The topological polar surface area (TPSA) is 93.9 Å². The number of aromatic nitrogens is 2. The smallest absolute Gasteiger partial charge is 0.308 e. The van der Waals surface area contributed by atoms with Crippen molar-refractivity contribution < 1.29 is 23.0 Å². The van der Waals surface area contributed by atoms with E-state index in [0.717, 1.165) is 16.7 Å². The molecule has 4 aromatic rings. The second-order valence-electron chi connectivity index (χ2n) is 13.2. The minimum atomic E-state index is -3.97. The van der Waals surface area contributed by atoms with Crippen molar-refractivity contribution in [3.8, 4) is 0 Å². The van der Waals surface area contributed by atoms with Crippen LogP contribution < -0.4 is 5.45 Å². The summed E-state index contributed by atoms with van der Waals surface area (Å²) >= 11 is 0. The van der Waals surface area contributed by atoms with E-state index in [1.54, 1.807) is 12.3 Å². The first-order valence-corrected chi connectivity index (χ1v) is 19.5. The molecule has 1 N–H and O–H groups in total. The molecule has 10 heteroatoms. The summed E-state index contributed by atoms with van der Waals surface area (Å²) in [6.07, 6.45) is 1.26. The van der Waals surface area contributed by atoms with Crippen LogP contribution in [0.15, 0.2) is 103 Å². The van der Waals surface area contributed by atoms with E-state index in [2.05, 4.69) is 38.8 Å². The monoisotopic (exact) mass is 645 g/mol. The number of nitrogens with zero attached hydrogens (tertiary/aromatic N) is 3. The van der Waals surface area contributed by atoms with Gasteiger partial charge in [0.2, 0.25) is 0 Å². The molecule has 2 heterocycles. The van der Waals surface area contributed by atoms with Crippen LogP contribution >= 0.6 is 0 Å². The highest BCUT2D eigenvalue weighted by Gasteiger charge is 2.45. The first-order chi connectivity index (χ1) is 21.2. The van der Waals surface area contributed by atoms with Gasteiger partial charge >= 0.3 is 10.2 Å². The van der Waals surface area contributed by atoms with Crippen LogP contribution in [-0.4, -0.2) is 67.8 Å². The molecule has 0 bridgehead atoms. The Morgan fingerprint density at radius 1 is 0.889 bits per heavy atom. The van der Waals surface area contributed by atoms with E-state index in [-0.39, 0.29) is 23.1 Å². The molecule has 1 aromatic heterocycles. The Morgan fingerprint density at radius 3 is 1.78 bits per heavy atom.